The van der Waals surface area contributed by atoms with Gasteiger partial charge in [-0.05, 0) is 44.7 Å². The highest BCUT2D eigenvalue weighted by Crippen LogP contribution is 2.32. The number of hydrogen-bond donors (Lipinski definition) is 1. The molecule has 1 aliphatic rings. The van der Waals surface area contributed by atoms with E-state index in [0.717, 1.165) is 12.8 Å². The van der Waals surface area contributed by atoms with Gasteiger partial charge in [0.1, 0.15) is 10.7 Å². The number of hydrogen-bond acceptors (Lipinski definition) is 4. The van der Waals surface area contributed by atoms with E-state index in [-0.39, 0.29) is 10.9 Å². The lowest BCUT2D eigenvalue weighted by molar-refractivity contribution is 0.341. The van der Waals surface area contributed by atoms with Crippen molar-refractivity contribution in [3.8, 4) is 0 Å². The van der Waals surface area contributed by atoms with Crippen LogP contribution < -0.4 is 5.73 Å². The summed E-state index contributed by atoms with van der Waals surface area (Å²) in [5, 5.41) is 0. The number of pyridine rings is 1. The Morgan fingerprint density at radius 1 is 1.44 bits per heavy atom. The van der Waals surface area contributed by atoms with Gasteiger partial charge in [0.25, 0.3) is 0 Å². The zero-order valence-corrected chi connectivity index (χ0v) is 11.5. The fourth-order valence-electron chi connectivity index (χ4n) is 1.82. The molecule has 1 heterocycles. The third-order valence-corrected chi connectivity index (χ3v) is 5.10. The van der Waals surface area contributed by atoms with E-state index >= 15 is 0 Å². The molecular formula is C12H19N3O2S. The van der Waals surface area contributed by atoms with Crippen molar-refractivity contribution >= 4 is 15.8 Å². The molecule has 100 valence electrons. The van der Waals surface area contributed by atoms with E-state index < -0.39 is 10.0 Å². The van der Waals surface area contributed by atoms with E-state index in [9.17, 15) is 8.42 Å². The maximum Gasteiger partial charge on any atom is 0.244 e. The minimum absolute atomic E-state index is 0.0480. The van der Waals surface area contributed by atoms with Crippen LogP contribution in [0.15, 0.2) is 23.2 Å². The minimum Gasteiger partial charge on any atom is -0.384 e. The van der Waals surface area contributed by atoms with E-state index in [1.54, 1.807) is 4.31 Å². The third kappa shape index (κ3) is 2.81. The van der Waals surface area contributed by atoms with Crippen molar-refractivity contribution in [3.63, 3.8) is 0 Å². The van der Waals surface area contributed by atoms with Crippen LogP contribution in [0.5, 0.6) is 0 Å². The first-order valence-electron chi connectivity index (χ1n) is 6.14. The summed E-state index contributed by atoms with van der Waals surface area (Å²) in [6.45, 7) is 4.39. The molecule has 0 amide bonds. The second kappa shape index (κ2) is 4.85. The first-order valence-corrected chi connectivity index (χ1v) is 7.58. The fraction of sp³-hybridized carbons (Fsp3) is 0.583. The smallest absolute Gasteiger partial charge is 0.244 e. The summed E-state index contributed by atoms with van der Waals surface area (Å²) in [7, 11) is -3.46. The molecule has 0 atom stereocenters. The van der Waals surface area contributed by atoms with Gasteiger partial charge >= 0.3 is 0 Å². The topological polar surface area (TPSA) is 76.3 Å². The molecule has 2 N–H and O–H groups in total. The zero-order chi connectivity index (χ0) is 13.3. The number of aromatic nitrogens is 1. The van der Waals surface area contributed by atoms with Gasteiger partial charge in [-0.1, -0.05) is 0 Å². The van der Waals surface area contributed by atoms with Gasteiger partial charge in [0, 0.05) is 18.8 Å². The first kappa shape index (κ1) is 13.3. The molecule has 0 bridgehead atoms. The Morgan fingerprint density at radius 2 is 2.11 bits per heavy atom. The summed E-state index contributed by atoms with van der Waals surface area (Å²) in [5.74, 6) is 0.844. The van der Waals surface area contributed by atoms with Gasteiger partial charge in [0.05, 0.1) is 0 Å². The molecule has 1 fully saturated rings. The number of rotatable bonds is 5. The van der Waals surface area contributed by atoms with Crippen molar-refractivity contribution < 1.29 is 8.42 Å². The van der Waals surface area contributed by atoms with Crippen LogP contribution in [0, 0.1) is 5.92 Å². The summed E-state index contributed by atoms with van der Waals surface area (Å²) in [6, 6.07) is 2.98. The highest BCUT2D eigenvalue weighted by atomic mass is 32.2. The van der Waals surface area contributed by atoms with Crippen LogP contribution in [0.2, 0.25) is 0 Å². The summed E-state index contributed by atoms with van der Waals surface area (Å²) in [6.07, 6.45) is 3.57. The number of nitrogens with two attached hydrogens (primary N) is 1. The second-order valence-electron chi connectivity index (χ2n) is 5.03. The maximum atomic E-state index is 12.5. The Morgan fingerprint density at radius 3 is 2.56 bits per heavy atom. The molecule has 0 saturated heterocycles. The van der Waals surface area contributed by atoms with Gasteiger partial charge in [-0.3, -0.25) is 0 Å². The number of nitrogens with zero attached hydrogens (tertiary/aromatic N) is 2. The molecule has 5 nitrogen and oxygen atoms in total. The predicted octanol–water partition coefficient (Wildman–Crippen LogP) is 1.47. The number of anilines is 1. The van der Waals surface area contributed by atoms with Gasteiger partial charge in [0.2, 0.25) is 10.0 Å². The van der Waals surface area contributed by atoms with Crippen molar-refractivity contribution in [2.24, 2.45) is 5.92 Å². The predicted molar refractivity (Wildman–Crippen MR) is 70.4 cm³/mol. The van der Waals surface area contributed by atoms with Crippen molar-refractivity contribution in [3.05, 3.63) is 18.3 Å². The van der Waals surface area contributed by atoms with Crippen molar-refractivity contribution in [2.75, 3.05) is 12.3 Å². The molecule has 0 spiro atoms. The Kier molecular flexibility index (Phi) is 3.59. The molecule has 0 unspecified atom stereocenters. The van der Waals surface area contributed by atoms with E-state index in [4.69, 9.17) is 5.73 Å². The monoisotopic (exact) mass is 269 g/mol. The van der Waals surface area contributed by atoms with Gasteiger partial charge in [-0.2, -0.15) is 4.31 Å². The van der Waals surface area contributed by atoms with Crippen LogP contribution in [-0.4, -0.2) is 30.3 Å². The normalized spacial score (nSPS) is 16.4. The standard InChI is InChI=1S/C12H19N3O2S/c1-9(2)15(8-10-3-4-10)18(16,17)11-5-6-12(13)14-7-11/h5-7,9-10H,3-4,8H2,1-2H3,(H2,13,14). The lowest BCUT2D eigenvalue weighted by Gasteiger charge is -2.25. The SMILES string of the molecule is CC(C)N(CC1CC1)S(=O)(=O)c1ccc(N)nc1. The quantitative estimate of drug-likeness (QED) is 0.878. The van der Waals surface area contributed by atoms with E-state index in [0.29, 0.717) is 18.3 Å². The van der Waals surface area contributed by atoms with Crippen molar-refractivity contribution in [1.29, 1.82) is 0 Å². The zero-order valence-electron chi connectivity index (χ0n) is 10.7. The molecule has 2 rings (SSSR count). The molecule has 18 heavy (non-hydrogen) atoms. The van der Waals surface area contributed by atoms with Crippen LogP contribution in [0.25, 0.3) is 0 Å². The minimum atomic E-state index is -3.46. The Labute approximate surface area is 108 Å². The Bertz CT molecular complexity index is 507. The lowest BCUT2D eigenvalue weighted by atomic mass is 10.3. The summed E-state index contributed by atoms with van der Waals surface area (Å²) >= 11 is 0. The van der Waals surface area contributed by atoms with Gasteiger partial charge in [-0.15, -0.1) is 0 Å². The summed E-state index contributed by atoms with van der Waals surface area (Å²) in [4.78, 5) is 4.07. The van der Waals surface area contributed by atoms with E-state index in [1.165, 1.54) is 18.3 Å². The molecule has 1 saturated carbocycles. The van der Waals surface area contributed by atoms with Crippen molar-refractivity contribution in [2.45, 2.75) is 37.6 Å². The molecule has 0 radical (unpaired) electrons. The van der Waals surface area contributed by atoms with Crippen molar-refractivity contribution in [1.82, 2.24) is 9.29 Å². The molecular weight excluding hydrogens is 250 g/mol. The molecule has 1 aliphatic carbocycles. The first-order chi connectivity index (χ1) is 8.41. The maximum absolute atomic E-state index is 12.5. The Hall–Kier alpha value is -1.14. The Balaban J connectivity index is 2.28. The van der Waals surface area contributed by atoms with Gasteiger partial charge in [0.15, 0.2) is 0 Å². The molecule has 0 aliphatic heterocycles. The largest absolute Gasteiger partial charge is 0.384 e. The van der Waals surface area contributed by atoms with Crippen LogP contribution in [-0.2, 0) is 10.0 Å². The average molecular weight is 269 g/mol. The fourth-order valence-corrected chi connectivity index (χ4v) is 3.48. The molecule has 6 heteroatoms. The average Bonchev–Trinajstić information content (AvgIpc) is 3.09. The van der Waals surface area contributed by atoms with Crippen LogP contribution in [0.3, 0.4) is 0 Å². The van der Waals surface area contributed by atoms with Gasteiger partial charge < -0.3 is 5.73 Å². The highest BCUT2D eigenvalue weighted by molar-refractivity contribution is 7.89. The lowest BCUT2D eigenvalue weighted by Crippen LogP contribution is -2.38. The molecule has 0 aromatic carbocycles. The van der Waals surface area contributed by atoms with Crippen LogP contribution >= 0.6 is 0 Å². The highest BCUT2D eigenvalue weighted by Gasteiger charge is 2.33. The van der Waals surface area contributed by atoms with Gasteiger partial charge in [-0.25, -0.2) is 13.4 Å². The van der Waals surface area contributed by atoms with Crippen LogP contribution in [0.4, 0.5) is 5.82 Å². The second-order valence-corrected chi connectivity index (χ2v) is 6.92. The number of sulfonamides is 1. The summed E-state index contributed by atoms with van der Waals surface area (Å²) < 4.78 is 26.5. The number of nitrogen functional groups attached to an aromatic ring is 1. The van der Waals surface area contributed by atoms with E-state index in [2.05, 4.69) is 4.98 Å². The molecule has 1 aromatic rings. The summed E-state index contributed by atoms with van der Waals surface area (Å²) in [5.41, 5.74) is 5.48. The molecule has 1 aromatic heterocycles. The van der Waals surface area contributed by atoms with Crippen LogP contribution in [0.1, 0.15) is 26.7 Å². The third-order valence-electron chi connectivity index (χ3n) is 3.08. The van der Waals surface area contributed by atoms with E-state index in [1.807, 2.05) is 13.8 Å².